The van der Waals surface area contributed by atoms with Crippen molar-refractivity contribution in [2.45, 2.75) is 45.1 Å². The van der Waals surface area contributed by atoms with E-state index in [9.17, 15) is 4.79 Å². The Morgan fingerprint density at radius 2 is 1.94 bits per heavy atom. The Morgan fingerprint density at radius 1 is 1.16 bits per heavy atom. The zero-order chi connectivity index (χ0) is 22.3. The Hall–Kier alpha value is -3.27. The first-order chi connectivity index (χ1) is 15.4. The zero-order valence-corrected chi connectivity index (χ0v) is 19.0. The molecule has 0 atom stereocenters. The van der Waals surface area contributed by atoms with Crippen molar-refractivity contribution in [2.24, 2.45) is 0 Å². The second-order valence-corrected chi connectivity index (χ2v) is 9.71. The topological polar surface area (TPSA) is 95.3 Å². The summed E-state index contributed by atoms with van der Waals surface area (Å²) >= 11 is 1.56. The van der Waals surface area contributed by atoms with E-state index < -0.39 is 5.60 Å². The number of hydrogen-bond acceptors (Lipinski definition) is 8. The minimum absolute atomic E-state index is 0.246. The summed E-state index contributed by atoms with van der Waals surface area (Å²) in [6.45, 7) is 6.98. The lowest BCUT2D eigenvalue weighted by molar-refractivity contribution is 0.0205. The molecule has 1 aliphatic rings. The lowest BCUT2D eigenvalue weighted by atomic mass is 9.90. The zero-order valence-electron chi connectivity index (χ0n) is 18.2. The van der Waals surface area contributed by atoms with E-state index in [1.54, 1.807) is 16.2 Å². The molecule has 10 heteroatoms. The fraction of sp³-hybridized carbons (Fsp3) is 0.409. The second-order valence-electron chi connectivity index (χ2n) is 8.83. The van der Waals surface area contributed by atoms with Gasteiger partial charge in [0.2, 0.25) is 0 Å². The van der Waals surface area contributed by atoms with Crippen molar-refractivity contribution in [1.82, 2.24) is 30.0 Å². The van der Waals surface area contributed by atoms with Crippen LogP contribution in [0.1, 0.15) is 45.1 Å². The van der Waals surface area contributed by atoms with Crippen LogP contribution in [0.5, 0.6) is 5.88 Å². The molecule has 0 bridgehead atoms. The number of hydrogen-bond donors (Lipinski definition) is 0. The van der Waals surface area contributed by atoms with E-state index in [1.807, 2.05) is 45.0 Å². The number of benzene rings is 1. The van der Waals surface area contributed by atoms with Gasteiger partial charge in [-0.2, -0.15) is 4.98 Å². The molecule has 0 aliphatic carbocycles. The van der Waals surface area contributed by atoms with Crippen molar-refractivity contribution in [1.29, 1.82) is 0 Å². The van der Waals surface area contributed by atoms with Crippen molar-refractivity contribution in [2.75, 3.05) is 13.1 Å². The van der Waals surface area contributed by atoms with E-state index in [0.717, 1.165) is 34.1 Å². The molecule has 1 fully saturated rings. The molecule has 5 rings (SSSR count). The maximum atomic E-state index is 12.4. The third kappa shape index (κ3) is 3.97. The van der Waals surface area contributed by atoms with E-state index >= 15 is 0 Å². The maximum Gasteiger partial charge on any atom is 0.410 e. The molecule has 1 aromatic carbocycles. The van der Waals surface area contributed by atoms with E-state index in [0.29, 0.717) is 24.9 Å². The first-order valence-corrected chi connectivity index (χ1v) is 11.5. The molecule has 166 valence electrons. The lowest BCUT2D eigenvalue weighted by Gasteiger charge is -2.33. The Morgan fingerprint density at radius 3 is 2.72 bits per heavy atom. The number of aromatic nitrogens is 5. The number of piperidine rings is 1. The lowest BCUT2D eigenvalue weighted by Crippen LogP contribution is -2.41. The van der Waals surface area contributed by atoms with Crippen LogP contribution in [-0.2, 0) is 4.74 Å². The summed E-state index contributed by atoms with van der Waals surface area (Å²) in [6, 6.07) is 7.59. The summed E-state index contributed by atoms with van der Waals surface area (Å²) in [5, 5.41) is 10.3. The highest BCUT2D eigenvalue weighted by molar-refractivity contribution is 7.17. The summed E-state index contributed by atoms with van der Waals surface area (Å²) in [4.78, 5) is 30.4. The van der Waals surface area contributed by atoms with Crippen LogP contribution in [0.15, 0.2) is 36.0 Å². The third-order valence-corrected chi connectivity index (χ3v) is 6.40. The summed E-state index contributed by atoms with van der Waals surface area (Å²) in [5.41, 5.74) is 3.09. The summed E-state index contributed by atoms with van der Waals surface area (Å²) in [7, 11) is 0. The van der Waals surface area contributed by atoms with Crippen LogP contribution in [0.2, 0.25) is 0 Å². The van der Waals surface area contributed by atoms with Crippen LogP contribution >= 0.6 is 11.3 Å². The fourth-order valence-electron chi connectivity index (χ4n) is 3.90. The van der Waals surface area contributed by atoms with Gasteiger partial charge in [-0.15, -0.1) is 16.4 Å². The molecular formula is C22H24N6O3S. The number of thiophene rings is 1. The van der Waals surface area contributed by atoms with Gasteiger partial charge in [0.15, 0.2) is 0 Å². The van der Waals surface area contributed by atoms with Gasteiger partial charge in [0.1, 0.15) is 27.7 Å². The van der Waals surface area contributed by atoms with Gasteiger partial charge in [-0.1, -0.05) is 17.0 Å². The van der Waals surface area contributed by atoms with E-state index in [4.69, 9.17) is 9.57 Å². The minimum atomic E-state index is -0.486. The van der Waals surface area contributed by atoms with Crippen molar-refractivity contribution >= 4 is 38.7 Å². The Bertz CT molecular complexity index is 1270. The maximum absolute atomic E-state index is 12.4. The largest absolute Gasteiger partial charge is 0.444 e. The predicted molar refractivity (Wildman–Crippen MR) is 121 cm³/mol. The molecule has 0 spiro atoms. The minimum Gasteiger partial charge on any atom is -0.444 e. The highest BCUT2D eigenvalue weighted by atomic mass is 32.1. The molecule has 3 aromatic heterocycles. The van der Waals surface area contributed by atoms with E-state index in [1.165, 1.54) is 16.7 Å². The smallest absolute Gasteiger partial charge is 0.410 e. The molecule has 4 aromatic rings. The number of nitrogens with zero attached hydrogens (tertiary/aromatic N) is 6. The summed E-state index contributed by atoms with van der Waals surface area (Å²) in [5.74, 6) is 0.769. The molecule has 1 amide bonds. The molecule has 0 saturated carbocycles. The van der Waals surface area contributed by atoms with Gasteiger partial charge in [0.25, 0.3) is 5.88 Å². The standard InChI is InChI=1S/C22H24N6O3S/c1-22(2,3)30-21(29)27-10-8-14(9-11-27)15-12-32-19-18(15)23-13-24-20(19)31-28-17-7-5-4-6-16(17)25-26-28/h4-7,12-14H,8-11H2,1-3H3. The molecule has 1 saturated heterocycles. The number of carbonyl (C=O) groups excluding carboxylic acids is 1. The predicted octanol–water partition coefficient (Wildman–Crippen LogP) is 4.39. The van der Waals surface area contributed by atoms with Gasteiger partial charge < -0.3 is 14.5 Å². The number of carbonyl (C=O) groups is 1. The van der Waals surface area contributed by atoms with Crippen molar-refractivity contribution in [3.8, 4) is 5.88 Å². The first kappa shape index (κ1) is 20.6. The first-order valence-electron chi connectivity index (χ1n) is 10.6. The third-order valence-electron chi connectivity index (χ3n) is 5.43. The van der Waals surface area contributed by atoms with Gasteiger partial charge in [0, 0.05) is 13.1 Å². The van der Waals surface area contributed by atoms with Crippen molar-refractivity contribution < 1.29 is 14.4 Å². The molecule has 0 unspecified atom stereocenters. The normalized spacial score (nSPS) is 15.4. The number of amides is 1. The quantitative estimate of drug-likeness (QED) is 0.455. The number of rotatable bonds is 3. The average Bonchev–Trinajstić information content (AvgIpc) is 3.38. The van der Waals surface area contributed by atoms with Gasteiger partial charge in [-0.05, 0) is 67.8 Å². The van der Waals surface area contributed by atoms with E-state index in [-0.39, 0.29) is 6.09 Å². The highest BCUT2D eigenvalue weighted by Crippen LogP contribution is 2.38. The SMILES string of the molecule is CC(C)(C)OC(=O)N1CCC(c2csc3c(On4nnc5ccccc54)ncnc23)CC1. The highest BCUT2D eigenvalue weighted by Gasteiger charge is 2.29. The van der Waals surface area contributed by atoms with Crippen molar-refractivity contribution in [3.05, 3.63) is 41.5 Å². The monoisotopic (exact) mass is 452 g/mol. The molecular weight excluding hydrogens is 428 g/mol. The Balaban J connectivity index is 1.34. The van der Waals surface area contributed by atoms with Crippen molar-refractivity contribution in [3.63, 3.8) is 0 Å². The van der Waals surface area contributed by atoms with Gasteiger partial charge in [-0.3, -0.25) is 0 Å². The van der Waals surface area contributed by atoms with Crippen LogP contribution in [-0.4, -0.2) is 54.8 Å². The number of para-hydroxylation sites is 1. The van der Waals surface area contributed by atoms with Gasteiger partial charge in [-0.25, -0.2) is 9.78 Å². The van der Waals surface area contributed by atoms with Crippen LogP contribution in [0.3, 0.4) is 0 Å². The summed E-state index contributed by atoms with van der Waals surface area (Å²) < 4.78 is 6.38. The van der Waals surface area contributed by atoms with Crippen LogP contribution in [0, 0.1) is 0 Å². The number of likely N-dealkylation sites (tertiary alicyclic amines) is 1. The summed E-state index contributed by atoms with van der Waals surface area (Å²) in [6.07, 6.45) is 2.99. The second kappa shape index (κ2) is 8.01. The van der Waals surface area contributed by atoms with Gasteiger partial charge >= 0.3 is 6.09 Å². The van der Waals surface area contributed by atoms with Crippen LogP contribution in [0.4, 0.5) is 4.79 Å². The van der Waals surface area contributed by atoms with Crippen LogP contribution < -0.4 is 4.84 Å². The molecule has 32 heavy (non-hydrogen) atoms. The number of fused-ring (bicyclic) bond motifs is 2. The molecule has 0 radical (unpaired) electrons. The fourth-order valence-corrected chi connectivity index (χ4v) is 4.92. The molecule has 1 aliphatic heterocycles. The van der Waals surface area contributed by atoms with Crippen LogP contribution in [0.25, 0.3) is 21.3 Å². The molecule has 0 N–H and O–H groups in total. The molecule has 9 nitrogen and oxygen atoms in total. The van der Waals surface area contributed by atoms with Gasteiger partial charge in [0.05, 0.1) is 5.52 Å². The Labute approximate surface area is 188 Å². The van der Waals surface area contributed by atoms with E-state index in [2.05, 4.69) is 25.7 Å². The average molecular weight is 453 g/mol. The molecule has 4 heterocycles. The number of ether oxygens (including phenoxy) is 1. The Kier molecular flexibility index (Phi) is 5.16.